The fourth-order valence-corrected chi connectivity index (χ4v) is 1.76. The van der Waals surface area contributed by atoms with E-state index in [1.165, 1.54) is 5.56 Å². The first-order chi connectivity index (χ1) is 8.67. The summed E-state index contributed by atoms with van der Waals surface area (Å²) in [6.07, 6.45) is 2.19. The van der Waals surface area contributed by atoms with Gasteiger partial charge >= 0.3 is 0 Å². The van der Waals surface area contributed by atoms with E-state index in [2.05, 4.69) is 0 Å². The zero-order valence-corrected chi connectivity index (χ0v) is 11.4. The van der Waals surface area contributed by atoms with E-state index in [0.29, 0.717) is 18.8 Å². The lowest BCUT2D eigenvalue weighted by Gasteiger charge is -2.09. The number of rotatable bonds is 8. The number of benzene rings is 1. The van der Waals surface area contributed by atoms with Gasteiger partial charge in [0.1, 0.15) is 11.5 Å². The molecule has 0 N–H and O–H groups in total. The summed E-state index contributed by atoms with van der Waals surface area (Å²) < 4.78 is 10.1. The van der Waals surface area contributed by atoms with E-state index < -0.39 is 0 Å². The van der Waals surface area contributed by atoms with Crippen molar-refractivity contribution >= 4 is 5.78 Å². The largest absolute Gasteiger partial charge is 0.497 e. The zero-order valence-electron chi connectivity index (χ0n) is 11.4. The van der Waals surface area contributed by atoms with Gasteiger partial charge in [-0.3, -0.25) is 4.79 Å². The van der Waals surface area contributed by atoms with Crippen LogP contribution in [0, 0.1) is 5.92 Å². The van der Waals surface area contributed by atoms with Crippen LogP contribution in [0.1, 0.15) is 25.3 Å². The van der Waals surface area contributed by atoms with Gasteiger partial charge in [-0.1, -0.05) is 19.1 Å². The average Bonchev–Trinajstić information content (AvgIpc) is 2.42. The van der Waals surface area contributed by atoms with Crippen LogP contribution in [0.5, 0.6) is 5.75 Å². The van der Waals surface area contributed by atoms with Crippen LogP contribution in [-0.4, -0.2) is 26.6 Å². The molecular weight excluding hydrogens is 228 g/mol. The maximum absolute atomic E-state index is 11.9. The minimum atomic E-state index is 0.0863. The van der Waals surface area contributed by atoms with Gasteiger partial charge in [-0.05, 0) is 30.5 Å². The number of ketones is 1. The zero-order chi connectivity index (χ0) is 13.4. The van der Waals surface area contributed by atoms with Gasteiger partial charge in [0.15, 0.2) is 0 Å². The van der Waals surface area contributed by atoms with E-state index in [4.69, 9.17) is 9.47 Å². The Balaban J connectivity index is 2.37. The van der Waals surface area contributed by atoms with Crippen LogP contribution in [0.2, 0.25) is 0 Å². The molecule has 3 heteroatoms. The normalized spacial score (nSPS) is 12.2. The number of hydrogen-bond acceptors (Lipinski definition) is 3. The third-order valence-corrected chi connectivity index (χ3v) is 3.12. The molecule has 1 unspecified atom stereocenters. The molecule has 0 heterocycles. The van der Waals surface area contributed by atoms with Crippen LogP contribution in [0.3, 0.4) is 0 Å². The molecule has 0 aliphatic carbocycles. The van der Waals surface area contributed by atoms with E-state index >= 15 is 0 Å². The lowest BCUT2D eigenvalue weighted by atomic mass is 9.97. The van der Waals surface area contributed by atoms with Crippen molar-refractivity contribution in [3.63, 3.8) is 0 Å². The van der Waals surface area contributed by atoms with Gasteiger partial charge in [0.25, 0.3) is 0 Å². The van der Waals surface area contributed by atoms with Gasteiger partial charge in [-0.2, -0.15) is 0 Å². The Kier molecular flexibility index (Phi) is 6.44. The molecule has 0 fully saturated rings. The molecule has 0 saturated carbocycles. The van der Waals surface area contributed by atoms with E-state index in [0.717, 1.165) is 18.6 Å². The Morgan fingerprint density at radius 2 is 1.89 bits per heavy atom. The number of methoxy groups -OCH3 is 2. The van der Waals surface area contributed by atoms with Crippen LogP contribution < -0.4 is 4.74 Å². The van der Waals surface area contributed by atoms with Crippen LogP contribution in [0.15, 0.2) is 24.3 Å². The van der Waals surface area contributed by atoms with Crippen molar-refractivity contribution in [2.45, 2.75) is 26.2 Å². The highest BCUT2D eigenvalue weighted by Crippen LogP contribution is 2.14. The molecule has 3 nitrogen and oxygen atoms in total. The first-order valence-electron chi connectivity index (χ1n) is 6.32. The van der Waals surface area contributed by atoms with E-state index in [9.17, 15) is 4.79 Å². The third-order valence-electron chi connectivity index (χ3n) is 3.12. The van der Waals surface area contributed by atoms with E-state index in [-0.39, 0.29) is 5.92 Å². The molecule has 18 heavy (non-hydrogen) atoms. The van der Waals surface area contributed by atoms with E-state index in [1.807, 2.05) is 31.2 Å². The standard InChI is InChI=1S/C15H22O3/c1-12(10-11-17-2)15(16)9-6-13-4-7-14(18-3)8-5-13/h4-5,7-8,12H,6,9-11H2,1-3H3. The smallest absolute Gasteiger partial charge is 0.136 e. The van der Waals surface area contributed by atoms with Crippen molar-refractivity contribution in [2.24, 2.45) is 5.92 Å². The molecular formula is C15H22O3. The quantitative estimate of drug-likeness (QED) is 0.711. The van der Waals surface area contributed by atoms with Crippen LogP contribution in [-0.2, 0) is 16.0 Å². The summed E-state index contributed by atoms with van der Waals surface area (Å²) in [4.78, 5) is 11.9. The van der Waals surface area contributed by atoms with Crippen LogP contribution >= 0.6 is 0 Å². The minimum Gasteiger partial charge on any atom is -0.497 e. The Labute approximate surface area is 109 Å². The minimum absolute atomic E-state index is 0.0863. The second-order valence-corrected chi connectivity index (χ2v) is 4.50. The topological polar surface area (TPSA) is 35.5 Å². The molecule has 1 atom stereocenters. The Bertz CT molecular complexity index is 357. The molecule has 1 aromatic rings. The van der Waals surface area contributed by atoms with Crippen molar-refractivity contribution in [3.8, 4) is 5.75 Å². The summed E-state index contributed by atoms with van der Waals surface area (Å²) in [5, 5.41) is 0. The van der Waals surface area contributed by atoms with Crippen LogP contribution in [0.4, 0.5) is 0 Å². The molecule has 1 aromatic carbocycles. The molecule has 0 spiro atoms. The molecule has 0 saturated heterocycles. The highest BCUT2D eigenvalue weighted by molar-refractivity contribution is 5.80. The number of aryl methyl sites for hydroxylation is 1. The van der Waals surface area contributed by atoms with E-state index in [1.54, 1.807) is 14.2 Å². The Morgan fingerprint density at radius 1 is 1.22 bits per heavy atom. The highest BCUT2D eigenvalue weighted by Gasteiger charge is 2.12. The van der Waals surface area contributed by atoms with Crippen molar-refractivity contribution in [2.75, 3.05) is 20.8 Å². The summed E-state index contributed by atoms with van der Waals surface area (Å²) in [6.45, 7) is 2.62. The van der Waals surface area contributed by atoms with Crippen molar-refractivity contribution in [1.29, 1.82) is 0 Å². The van der Waals surface area contributed by atoms with Crippen LogP contribution in [0.25, 0.3) is 0 Å². The monoisotopic (exact) mass is 250 g/mol. The molecule has 100 valence electrons. The van der Waals surface area contributed by atoms with Gasteiger partial charge in [0.2, 0.25) is 0 Å². The molecule has 0 aliphatic heterocycles. The first-order valence-corrected chi connectivity index (χ1v) is 6.32. The van der Waals surface area contributed by atoms with Gasteiger partial charge < -0.3 is 9.47 Å². The number of carbonyl (C=O) groups excluding carboxylic acids is 1. The second-order valence-electron chi connectivity index (χ2n) is 4.50. The molecule has 0 bridgehead atoms. The Morgan fingerprint density at radius 3 is 2.44 bits per heavy atom. The van der Waals surface area contributed by atoms with Gasteiger partial charge in [0.05, 0.1) is 7.11 Å². The summed E-state index contributed by atoms with van der Waals surface area (Å²) >= 11 is 0. The predicted octanol–water partition coefficient (Wildman–Crippen LogP) is 2.87. The summed E-state index contributed by atoms with van der Waals surface area (Å²) in [5.74, 6) is 1.24. The molecule has 0 aromatic heterocycles. The summed E-state index contributed by atoms with van der Waals surface area (Å²) in [6, 6.07) is 7.86. The highest BCUT2D eigenvalue weighted by atomic mass is 16.5. The number of carbonyl (C=O) groups is 1. The molecule has 0 aliphatic rings. The first kappa shape index (κ1) is 14.7. The predicted molar refractivity (Wildman–Crippen MR) is 72.0 cm³/mol. The van der Waals surface area contributed by atoms with Gasteiger partial charge in [0, 0.05) is 26.1 Å². The maximum Gasteiger partial charge on any atom is 0.136 e. The van der Waals surface area contributed by atoms with Gasteiger partial charge in [-0.25, -0.2) is 0 Å². The fourth-order valence-electron chi connectivity index (χ4n) is 1.76. The third kappa shape index (κ3) is 4.88. The molecule has 0 amide bonds. The number of Topliss-reactive ketones (excluding diaryl/α,β-unsaturated/α-hetero) is 1. The fraction of sp³-hybridized carbons (Fsp3) is 0.533. The number of hydrogen-bond donors (Lipinski definition) is 0. The lowest BCUT2D eigenvalue weighted by molar-refractivity contribution is -0.122. The molecule has 0 radical (unpaired) electrons. The average molecular weight is 250 g/mol. The number of ether oxygens (including phenoxy) is 2. The molecule has 1 rings (SSSR count). The second kappa shape index (κ2) is 7.88. The van der Waals surface area contributed by atoms with Crippen molar-refractivity contribution < 1.29 is 14.3 Å². The van der Waals surface area contributed by atoms with Crippen molar-refractivity contribution in [1.82, 2.24) is 0 Å². The lowest BCUT2D eigenvalue weighted by Crippen LogP contribution is -2.13. The SMILES string of the molecule is COCCC(C)C(=O)CCc1ccc(OC)cc1. The van der Waals surface area contributed by atoms with Gasteiger partial charge in [-0.15, -0.1) is 0 Å². The maximum atomic E-state index is 11.9. The summed E-state index contributed by atoms with van der Waals surface area (Å²) in [7, 11) is 3.31. The van der Waals surface area contributed by atoms with Crippen molar-refractivity contribution in [3.05, 3.63) is 29.8 Å². The Hall–Kier alpha value is -1.35. The summed E-state index contributed by atoms with van der Waals surface area (Å²) in [5.41, 5.74) is 1.17.